The van der Waals surface area contributed by atoms with Crippen molar-refractivity contribution in [1.82, 2.24) is 15.2 Å². The van der Waals surface area contributed by atoms with Crippen LogP contribution in [-0.4, -0.2) is 15.2 Å². The van der Waals surface area contributed by atoms with Crippen molar-refractivity contribution in [1.29, 1.82) is 0 Å². The Hall–Kier alpha value is -1.36. The van der Waals surface area contributed by atoms with Gasteiger partial charge in [-0.1, -0.05) is 26.8 Å². The van der Waals surface area contributed by atoms with Crippen LogP contribution in [0.25, 0.3) is 0 Å². The lowest BCUT2D eigenvalue weighted by atomic mass is 9.98. The van der Waals surface area contributed by atoms with Gasteiger partial charge in [-0.15, -0.1) is 16.4 Å². The van der Waals surface area contributed by atoms with Crippen LogP contribution in [0.5, 0.6) is 0 Å². The summed E-state index contributed by atoms with van der Waals surface area (Å²) in [6.45, 7) is 7.32. The number of nitrogens with one attached hydrogen (secondary N) is 2. The molecule has 1 unspecified atom stereocenters. The lowest BCUT2D eigenvalue weighted by molar-refractivity contribution is 0.512. The molecule has 0 radical (unpaired) electrons. The molecule has 1 atom stereocenters. The number of hydrogen-bond donors (Lipinski definition) is 2. The average molecular weight is 250 g/mol. The second-order valence-electron chi connectivity index (χ2n) is 4.51. The Kier molecular flexibility index (Phi) is 3.78. The lowest BCUT2D eigenvalue weighted by Crippen LogP contribution is -2.04. The Bertz CT molecular complexity index is 447. The van der Waals surface area contributed by atoms with Crippen LogP contribution in [-0.2, 0) is 6.54 Å². The molecule has 0 aliphatic rings. The molecule has 0 fully saturated rings. The molecule has 2 N–H and O–H groups in total. The smallest absolute Gasteiger partial charge is 0.242 e. The van der Waals surface area contributed by atoms with Gasteiger partial charge in [-0.2, -0.15) is 4.98 Å². The van der Waals surface area contributed by atoms with Gasteiger partial charge in [0.25, 0.3) is 0 Å². The average Bonchev–Trinajstić information content (AvgIpc) is 2.96. The number of nitrogens with zero attached hydrogens (tertiary/aromatic N) is 2. The van der Waals surface area contributed by atoms with Gasteiger partial charge in [0.05, 0.1) is 6.54 Å². The van der Waals surface area contributed by atoms with Crippen molar-refractivity contribution >= 4 is 17.3 Å². The molecule has 17 heavy (non-hydrogen) atoms. The molecule has 2 aromatic heterocycles. The zero-order chi connectivity index (χ0) is 12.3. The van der Waals surface area contributed by atoms with Crippen molar-refractivity contribution in [3.63, 3.8) is 0 Å². The van der Waals surface area contributed by atoms with Gasteiger partial charge in [-0.05, 0) is 17.4 Å². The normalized spacial score (nSPS) is 12.9. The largest absolute Gasteiger partial charge is 0.348 e. The predicted molar refractivity (Wildman–Crippen MR) is 71.3 cm³/mol. The van der Waals surface area contributed by atoms with Gasteiger partial charge in [-0.3, -0.25) is 5.10 Å². The van der Waals surface area contributed by atoms with Crippen LogP contribution < -0.4 is 5.32 Å². The maximum absolute atomic E-state index is 4.46. The first kappa shape index (κ1) is 12.1. The molecule has 0 saturated heterocycles. The molecule has 92 valence electrons. The molecule has 2 aromatic rings. The topological polar surface area (TPSA) is 53.6 Å². The zero-order valence-corrected chi connectivity index (χ0v) is 11.2. The van der Waals surface area contributed by atoms with Crippen LogP contribution >= 0.6 is 11.3 Å². The molecule has 2 heterocycles. The molecule has 5 heteroatoms. The van der Waals surface area contributed by atoms with E-state index < -0.39 is 0 Å². The van der Waals surface area contributed by atoms with Crippen LogP contribution in [0.15, 0.2) is 17.5 Å². The Morgan fingerprint density at radius 2 is 2.24 bits per heavy atom. The lowest BCUT2D eigenvalue weighted by Gasteiger charge is -2.10. The highest BCUT2D eigenvalue weighted by molar-refractivity contribution is 7.09. The summed E-state index contributed by atoms with van der Waals surface area (Å²) < 4.78 is 0. The summed E-state index contributed by atoms with van der Waals surface area (Å²) in [6, 6.07) is 4.15. The summed E-state index contributed by atoms with van der Waals surface area (Å²) in [4.78, 5) is 5.74. The van der Waals surface area contributed by atoms with E-state index in [4.69, 9.17) is 0 Å². The summed E-state index contributed by atoms with van der Waals surface area (Å²) >= 11 is 1.73. The van der Waals surface area contributed by atoms with E-state index in [2.05, 4.69) is 52.7 Å². The van der Waals surface area contributed by atoms with Gasteiger partial charge >= 0.3 is 0 Å². The number of anilines is 1. The van der Waals surface area contributed by atoms with E-state index in [1.807, 2.05) is 6.07 Å². The minimum Gasteiger partial charge on any atom is -0.348 e. The Balaban J connectivity index is 1.94. The van der Waals surface area contributed by atoms with Gasteiger partial charge in [0.15, 0.2) is 0 Å². The monoisotopic (exact) mass is 250 g/mol. The molecule has 0 aliphatic carbocycles. The summed E-state index contributed by atoms with van der Waals surface area (Å²) in [6.07, 6.45) is 0. The third-order valence-corrected chi connectivity index (χ3v) is 3.81. The van der Waals surface area contributed by atoms with Crippen molar-refractivity contribution in [2.75, 3.05) is 5.32 Å². The number of rotatable bonds is 5. The van der Waals surface area contributed by atoms with E-state index in [0.717, 1.165) is 12.4 Å². The standard InChI is InChI=1S/C12H18N4S/c1-8(2)9(3)11-14-12(16-15-11)13-7-10-5-4-6-17-10/h4-6,8-9H,7H2,1-3H3,(H2,13,14,15,16). The highest BCUT2D eigenvalue weighted by atomic mass is 32.1. The van der Waals surface area contributed by atoms with E-state index >= 15 is 0 Å². The third kappa shape index (κ3) is 3.06. The van der Waals surface area contributed by atoms with Gasteiger partial charge in [0.1, 0.15) is 5.82 Å². The Labute approximate surface area is 105 Å². The number of thiophene rings is 1. The third-order valence-electron chi connectivity index (χ3n) is 2.93. The van der Waals surface area contributed by atoms with Crippen LogP contribution in [0.2, 0.25) is 0 Å². The number of aromatic nitrogens is 3. The molecular weight excluding hydrogens is 232 g/mol. The van der Waals surface area contributed by atoms with E-state index in [-0.39, 0.29) is 0 Å². The maximum Gasteiger partial charge on any atom is 0.242 e. The maximum atomic E-state index is 4.46. The minimum absolute atomic E-state index is 0.403. The first-order chi connectivity index (χ1) is 8.16. The zero-order valence-electron chi connectivity index (χ0n) is 10.4. The molecular formula is C12H18N4S. The molecule has 0 bridgehead atoms. The summed E-state index contributed by atoms with van der Waals surface area (Å²) in [5, 5.41) is 12.5. The first-order valence-electron chi connectivity index (χ1n) is 5.85. The van der Waals surface area contributed by atoms with Crippen LogP contribution in [0, 0.1) is 5.92 Å². The highest BCUT2D eigenvalue weighted by Gasteiger charge is 2.14. The number of H-pyrrole nitrogens is 1. The van der Waals surface area contributed by atoms with Gasteiger partial charge in [-0.25, -0.2) is 0 Å². The Morgan fingerprint density at radius 3 is 2.88 bits per heavy atom. The van der Waals surface area contributed by atoms with Crippen molar-refractivity contribution < 1.29 is 0 Å². The van der Waals surface area contributed by atoms with Crippen LogP contribution in [0.3, 0.4) is 0 Å². The quantitative estimate of drug-likeness (QED) is 0.856. The summed E-state index contributed by atoms with van der Waals surface area (Å²) in [5.74, 6) is 2.60. The SMILES string of the molecule is CC(C)C(C)c1nc(NCc2cccs2)n[nH]1. The molecule has 0 spiro atoms. The second-order valence-corrected chi connectivity index (χ2v) is 5.54. The van der Waals surface area contributed by atoms with Gasteiger partial charge in [0.2, 0.25) is 5.95 Å². The molecule has 2 rings (SSSR count). The van der Waals surface area contributed by atoms with Crippen molar-refractivity contribution in [2.45, 2.75) is 33.2 Å². The molecule has 0 amide bonds. The fraction of sp³-hybridized carbons (Fsp3) is 0.500. The van der Waals surface area contributed by atoms with Crippen molar-refractivity contribution in [3.8, 4) is 0 Å². The molecule has 0 aliphatic heterocycles. The highest BCUT2D eigenvalue weighted by Crippen LogP contribution is 2.20. The summed E-state index contributed by atoms with van der Waals surface area (Å²) in [7, 11) is 0. The fourth-order valence-corrected chi connectivity index (χ4v) is 2.10. The van der Waals surface area contributed by atoms with Crippen LogP contribution in [0.1, 0.15) is 37.4 Å². The van der Waals surface area contributed by atoms with Gasteiger partial charge < -0.3 is 5.32 Å². The molecule has 4 nitrogen and oxygen atoms in total. The van der Waals surface area contributed by atoms with Crippen LogP contribution in [0.4, 0.5) is 5.95 Å². The van der Waals surface area contributed by atoms with Crippen molar-refractivity contribution in [3.05, 3.63) is 28.2 Å². The molecule has 0 saturated carbocycles. The predicted octanol–water partition coefficient (Wildman–Crippen LogP) is 3.24. The van der Waals surface area contributed by atoms with Gasteiger partial charge in [0, 0.05) is 10.8 Å². The van der Waals surface area contributed by atoms with E-state index in [1.54, 1.807) is 11.3 Å². The van der Waals surface area contributed by atoms with E-state index in [1.165, 1.54) is 4.88 Å². The minimum atomic E-state index is 0.403. The summed E-state index contributed by atoms with van der Waals surface area (Å²) in [5.41, 5.74) is 0. The first-order valence-corrected chi connectivity index (χ1v) is 6.73. The van der Waals surface area contributed by atoms with Crippen molar-refractivity contribution in [2.24, 2.45) is 5.92 Å². The second kappa shape index (κ2) is 5.31. The van der Waals surface area contributed by atoms with E-state index in [0.29, 0.717) is 17.8 Å². The molecule has 0 aromatic carbocycles. The number of hydrogen-bond acceptors (Lipinski definition) is 4. The number of aromatic amines is 1. The Morgan fingerprint density at radius 1 is 1.41 bits per heavy atom. The fourth-order valence-electron chi connectivity index (χ4n) is 1.45. The van der Waals surface area contributed by atoms with E-state index in [9.17, 15) is 0 Å².